The van der Waals surface area contributed by atoms with Gasteiger partial charge in [-0.05, 0) is 42.8 Å². The van der Waals surface area contributed by atoms with Crippen LogP contribution < -0.4 is 5.56 Å². The Kier molecular flexibility index (Phi) is 4.76. The highest BCUT2D eigenvalue weighted by Gasteiger charge is 2.50. The fourth-order valence-electron chi connectivity index (χ4n) is 5.02. The van der Waals surface area contributed by atoms with Crippen LogP contribution >= 0.6 is 0 Å². The number of nitrogens with zero attached hydrogens (tertiary/aromatic N) is 3. The van der Waals surface area contributed by atoms with E-state index >= 15 is 0 Å². The summed E-state index contributed by atoms with van der Waals surface area (Å²) in [5.41, 5.74) is 1.79. The van der Waals surface area contributed by atoms with E-state index in [0.29, 0.717) is 23.5 Å². The average Bonchev–Trinajstić information content (AvgIpc) is 3.26. The summed E-state index contributed by atoms with van der Waals surface area (Å²) in [6.07, 6.45) is 0.0589. The molecule has 0 saturated heterocycles. The van der Waals surface area contributed by atoms with Crippen molar-refractivity contribution in [3.8, 4) is 17.5 Å². The molecule has 0 bridgehead atoms. The van der Waals surface area contributed by atoms with Crippen molar-refractivity contribution in [2.45, 2.75) is 32.1 Å². The second-order valence-corrected chi connectivity index (χ2v) is 8.84. The molecule has 2 aliphatic rings. The molecule has 1 atom stereocenters. The Morgan fingerprint density at radius 1 is 1.17 bits per heavy atom. The second-order valence-electron chi connectivity index (χ2n) is 8.84. The lowest BCUT2D eigenvalue weighted by atomic mass is 9.85. The number of hydrogen-bond acceptors (Lipinski definition) is 7. The molecule has 176 valence electrons. The third-order valence-electron chi connectivity index (χ3n) is 6.88. The van der Waals surface area contributed by atoms with Gasteiger partial charge in [-0.3, -0.25) is 4.79 Å². The topological polar surface area (TPSA) is 111 Å². The van der Waals surface area contributed by atoms with E-state index in [-0.39, 0.29) is 35.3 Å². The quantitative estimate of drug-likeness (QED) is 0.363. The first-order chi connectivity index (χ1) is 17.4. The molecule has 0 radical (unpaired) electrons. The summed E-state index contributed by atoms with van der Waals surface area (Å²) in [7, 11) is 0. The Labute approximate surface area is 205 Å². The molecule has 0 aliphatic carbocycles. The number of cyclic esters (lactones) is 1. The Morgan fingerprint density at radius 3 is 2.81 bits per heavy atom. The van der Waals surface area contributed by atoms with Crippen molar-refractivity contribution >= 4 is 22.8 Å². The normalized spacial score (nSPS) is 17.5. The minimum absolute atomic E-state index is 0.0589. The van der Waals surface area contributed by atoms with Gasteiger partial charge in [0.15, 0.2) is 0 Å². The molecule has 0 amide bonds. The van der Waals surface area contributed by atoms with Crippen LogP contribution in [0, 0.1) is 11.3 Å². The van der Waals surface area contributed by atoms with Gasteiger partial charge < -0.3 is 14.0 Å². The first kappa shape index (κ1) is 21.7. The molecule has 2 aromatic heterocycles. The molecule has 0 spiro atoms. The van der Waals surface area contributed by atoms with Crippen LogP contribution in [0.1, 0.15) is 46.0 Å². The first-order valence-corrected chi connectivity index (χ1v) is 11.5. The summed E-state index contributed by atoms with van der Waals surface area (Å²) in [5, 5.41) is 10.2. The molecule has 0 N–H and O–H groups in total. The maximum absolute atomic E-state index is 13.6. The van der Waals surface area contributed by atoms with Crippen LogP contribution in [-0.4, -0.2) is 21.5 Å². The maximum Gasteiger partial charge on any atom is 0.355 e. The van der Waals surface area contributed by atoms with Crippen LogP contribution in [0.2, 0.25) is 0 Å². The Morgan fingerprint density at radius 2 is 2.00 bits per heavy atom. The molecule has 8 nitrogen and oxygen atoms in total. The van der Waals surface area contributed by atoms with E-state index in [4.69, 9.17) is 14.5 Å². The lowest BCUT2D eigenvalue weighted by Crippen LogP contribution is -2.47. The van der Waals surface area contributed by atoms with Gasteiger partial charge in [0.05, 0.1) is 46.2 Å². The minimum Gasteiger partial charge on any atom is -0.457 e. The molecular weight excluding hydrogens is 458 g/mol. The standard InChI is InChI=1S/C28H19N3O5/c1-2-28(36-26(33)18-8-5-6-16(10-18)13-29)21-12-23-24-19(11-17-7-3-4-9-22(17)30-24)14-31(23)25(32)20(21)15-35-27(28)34/h3-12H,2,14-15H2,1H3/t28-/m0/s1. The third kappa shape index (κ3) is 3.06. The highest BCUT2D eigenvalue weighted by molar-refractivity contribution is 5.94. The van der Waals surface area contributed by atoms with Crippen molar-refractivity contribution in [1.29, 1.82) is 5.26 Å². The van der Waals surface area contributed by atoms with E-state index in [1.54, 1.807) is 29.7 Å². The summed E-state index contributed by atoms with van der Waals surface area (Å²) in [5.74, 6) is -1.53. The Balaban J connectivity index is 1.52. The smallest absolute Gasteiger partial charge is 0.355 e. The predicted molar refractivity (Wildman–Crippen MR) is 129 cm³/mol. The largest absolute Gasteiger partial charge is 0.457 e. The van der Waals surface area contributed by atoms with Crippen LogP contribution in [0.3, 0.4) is 0 Å². The highest BCUT2D eigenvalue weighted by atomic mass is 16.6. The molecule has 0 fully saturated rings. The Bertz CT molecular complexity index is 1720. The number of aromatic nitrogens is 2. The monoisotopic (exact) mass is 477 g/mol. The lowest BCUT2D eigenvalue weighted by Gasteiger charge is -2.35. The zero-order valence-electron chi connectivity index (χ0n) is 19.3. The predicted octanol–water partition coefficient (Wildman–Crippen LogP) is 3.82. The fourth-order valence-corrected chi connectivity index (χ4v) is 5.02. The molecule has 4 aromatic rings. The van der Waals surface area contributed by atoms with Gasteiger partial charge in [-0.25, -0.2) is 14.6 Å². The van der Waals surface area contributed by atoms with Crippen molar-refractivity contribution in [3.63, 3.8) is 0 Å². The summed E-state index contributed by atoms with van der Waals surface area (Å²) >= 11 is 0. The fraction of sp³-hybridized carbons (Fsp3) is 0.179. The molecule has 0 saturated carbocycles. The van der Waals surface area contributed by atoms with Gasteiger partial charge in [0, 0.05) is 16.5 Å². The van der Waals surface area contributed by atoms with Gasteiger partial charge in [0.25, 0.3) is 5.56 Å². The number of para-hydroxylation sites is 1. The van der Waals surface area contributed by atoms with Crippen LogP contribution in [0.25, 0.3) is 22.3 Å². The van der Waals surface area contributed by atoms with Gasteiger partial charge in [-0.15, -0.1) is 0 Å². The zero-order valence-corrected chi connectivity index (χ0v) is 19.3. The van der Waals surface area contributed by atoms with Gasteiger partial charge in [-0.2, -0.15) is 5.26 Å². The van der Waals surface area contributed by atoms with Crippen molar-refractivity contribution in [2.24, 2.45) is 0 Å². The third-order valence-corrected chi connectivity index (χ3v) is 6.88. The summed E-state index contributed by atoms with van der Waals surface area (Å²) < 4.78 is 12.8. The van der Waals surface area contributed by atoms with E-state index in [2.05, 4.69) is 0 Å². The summed E-state index contributed by atoms with van der Waals surface area (Å²) in [4.78, 5) is 44.7. The lowest BCUT2D eigenvalue weighted by molar-refractivity contribution is -0.173. The first-order valence-electron chi connectivity index (χ1n) is 11.5. The molecule has 8 heteroatoms. The molecule has 36 heavy (non-hydrogen) atoms. The Hall–Kier alpha value is -4.77. The van der Waals surface area contributed by atoms with Gasteiger partial charge in [0.1, 0.15) is 6.61 Å². The van der Waals surface area contributed by atoms with Gasteiger partial charge in [0.2, 0.25) is 5.60 Å². The number of nitriles is 1. The molecule has 2 aromatic carbocycles. The van der Waals surface area contributed by atoms with Crippen LogP contribution in [0.4, 0.5) is 0 Å². The van der Waals surface area contributed by atoms with E-state index in [9.17, 15) is 19.6 Å². The van der Waals surface area contributed by atoms with E-state index in [0.717, 1.165) is 16.5 Å². The van der Waals surface area contributed by atoms with E-state index < -0.39 is 17.5 Å². The molecule has 2 aliphatic heterocycles. The number of esters is 2. The molecule has 0 unspecified atom stereocenters. The van der Waals surface area contributed by atoms with Crippen LogP contribution in [0.5, 0.6) is 0 Å². The van der Waals surface area contributed by atoms with E-state index in [1.807, 2.05) is 36.4 Å². The number of carbonyl (C=O) groups is 2. The number of ether oxygens (including phenoxy) is 2. The van der Waals surface area contributed by atoms with Crippen LogP contribution in [-0.2, 0) is 33.0 Å². The van der Waals surface area contributed by atoms with Crippen molar-refractivity contribution in [2.75, 3.05) is 0 Å². The number of pyridine rings is 2. The van der Waals surface area contributed by atoms with Crippen molar-refractivity contribution < 1.29 is 19.1 Å². The van der Waals surface area contributed by atoms with Crippen molar-refractivity contribution in [3.05, 3.63) is 98.8 Å². The second kappa shape index (κ2) is 7.89. The summed E-state index contributed by atoms with van der Waals surface area (Å²) in [6.45, 7) is 1.84. The number of fused-ring (bicyclic) bond motifs is 5. The van der Waals surface area contributed by atoms with Crippen molar-refractivity contribution in [1.82, 2.24) is 9.55 Å². The maximum atomic E-state index is 13.6. The number of benzene rings is 2. The molecule has 6 rings (SSSR count). The highest BCUT2D eigenvalue weighted by Crippen LogP contribution is 2.41. The number of hydrogen-bond donors (Lipinski definition) is 0. The minimum atomic E-state index is -1.80. The zero-order chi connectivity index (χ0) is 25.0. The summed E-state index contributed by atoms with van der Waals surface area (Å²) in [6, 6.07) is 19.4. The molecular formula is C28H19N3O5. The number of rotatable bonds is 3. The number of carbonyl (C=O) groups excluding carboxylic acids is 2. The van der Waals surface area contributed by atoms with Gasteiger partial charge in [-0.1, -0.05) is 31.2 Å². The van der Waals surface area contributed by atoms with Crippen LogP contribution in [0.15, 0.2) is 65.5 Å². The SMILES string of the molecule is CC[C@@]1(OC(=O)c2cccc(C#N)c2)C(=O)OCc2c1cc1n(c2=O)Cc2cc3ccccc3nc2-1. The average molecular weight is 477 g/mol. The van der Waals surface area contributed by atoms with Gasteiger partial charge >= 0.3 is 11.9 Å². The molecule has 4 heterocycles. The van der Waals surface area contributed by atoms with E-state index in [1.165, 1.54) is 12.1 Å².